The average Bonchev–Trinajstić information content (AvgIpc) is 3.49. The van der Waals surface area contributed by atoms with Crippen LogP contribution in [0.25, 0.3) is 11.2 Å². The van der Waals surface area contributed by atoms with Gasteiger partial charge in [0.1, 0.15) is 17.7 Å². The van der Waals surface area contributed by atoms with Crippen LogP contribution in [-0.2, 0) is 19.1 Å². The number of hydrogen-bond donors (Lipinski definition) is 4. The van der Waals surface area contributed by atoms with Crippen LogP contribution in [0.2, 0.25) is 0 Å². The van der Waals surface area contributed by atoms with Gasteiger partial charge in [-0.2, -0.15) is 0 Å². The van der Waals surface area contributed by atoms with Crippen molar-refractivity contribution in [2.45, 2.75) is 63.4 Å². The predicted molar refractivity (Wildman–Crippen MR) is 138 cm³/mol. The zero-order chi connectivity index (χ0) is 28.6. The fraction of sp³-hybridized carbons (Fsp3) is 0.600. The molecule has 5 rings (SSSR count). The molecule has 214 valence electrons. The Morgan fingerprint density at radius 1 is 1.25 bits per heavy atom. The topological polar surface area (TPSA) is 198 Å². The number of piperidine rings is 1. The number of nitrogens with zero attached hydrogens (tertiary/aromatic N) is 6. The van der Waals surface area contributed by atoms with Crippen molar-refractivity contribution in [2.75, 3.05) is 32.4 Å². The number of likely N-dealkylation sites (N-methyl/N-ethyl adjacent to an activating group) is 1. The van der Waals surface area contributed by atoms with Gasteiger partial charge < -0.3 is 40.5 Å². The van der Waals surface area contributed by atoms with E-state index in [1.807, 2.05) is 0 Å². The number of amides is 3. The largest absolute Gasteiger partial charge is 0.425 e. The third-order valence-corrected chi connectivity index (χ3v) is 7.45. The molecule has 5 N–H and O–H groups in total. The number of hydrogen-bond acceptors (Lipinski definition) is 11. The van der Waals surface area contributed by atoms with Gasteiger partial charge in [-0.25, -0.2) is 19.7 Å². The zero-order valence-corrected chi connectivity index (χ0v) is 22.2. The second kappa shape index (κ2) is 11.2. The van der Waals surface area contributed by atoms with E-state index in [2.05, 4.69) is 32.1 Å². The standard InChI is InChI=1S/C25H32N8O7/c1-3-27-23(37)20-18(35)19(36)24(40-20)33-12-28-17-21(26)29-14(30-22(17)33)6-4-5-13-7-9-32(10-8-13)25(38)39-16-11-15(34)31(16)2/h12-13,16,18-20,24,35-36H,3,5,7-11H2,1-2H3,(H,27,37)(H2,26,29,30). The smallest absolute Gasteiger partial charge is 0.411 e. The van der Waals surface area contributed by atoms with Gasteiger partial charge in [-0.1, -0.05) is 5.92 Å². The average molecular weight is 557 g/mol. The molecule has 0 radical (unpaired) electrons. The molecular formula is C25H32N8O7. The first-order chi connectivity index (χ1) is 19.2. The molecule has 2 aromatic heterocycles. The molecule has 0 aliphatic carbocycles. The first kappa shape index (κ1) is 27.6. The normalized spacial score (nSPS) is 26.8. The van der Waals surface area contributed by atoms with E-state index in [-0.39, 0.29) is 41.1 Å². The SMILES string of the molecule is CCNC(=O)C1OC(n2cnc3c(N)nc(C#CCC4CCN(C(=O)OC5CC(=O)N5C)CC4)nc32)C(O)C1O. The summed E-state index contributed by atoms with van der Waals surface area (Å²) in [5, 5.41) is 23.5. The van der Waals surface area contributed by atoms with Crippen molar-refractivity contribution in [1.29, 1.82) is 0 Å². The maximum Gasteiger partial charge on any atom is 0.411 e. The molecule has 3 saturated heterocycles. The second-order valence-electron chi connectivity index (χ2n) is 10.1. The first-order valence-corrected chi connectivity index (χ1v) is 13.2. The number of aliphatic hydroxyl groups excluding tert-OH is 2. The molecule has 2 aromatic rings. The van der Waals surface area contributed by atoms with Gasteiger partial charge in [0, 0.05) is 33.1 Å². The lowest BCUT2D eigenvalue weighted by Gasteiger charge is -2.38. The van der Waals surface area contributed by atoms with E-state index in [1.54, 1.807) is 18.9 Å². The minimum Gasteiger partial charge on any atom is -0.425 e. The van der Waals surface area contributed by atoms with Crippen LogP contribution in [0.5, 0.6) is 0 Å². The number of nitrogens with one attached hydrogen (secondary N) is 1. The third-order valence-electron chi connectivity index (χ3n) is 7.45. The predicted octanol–water partition coefficient (Wildman–Crippen LogP) is -1.06. The molecule has 5 unspecified atom stereocenters. The van der Waals surface area contributed by atoms with Crippen LogP contribution in [0.1, 0.15) is 44.7 Å². The quantitative estimate of drug-likeness (QED) is 0.259. The minimum absolute atomic E-state index is 0.0437. The number of nitrogen functional groups attached to an aromatic ring is 1. The van der Waals surface area contributed by atoms with Crippen LogP contribution in [0.3, 0.4) is 0 Å². The monoisotopic (exact) mass is 556 g/mol. The van der Waals surface area contributed by atoms with E-state index in [4.69, 9.17) is 15.2 Å². The molecule has 3 fully saturated rings. The number of nitrogens with two attached hydrogens (primary N) is 1. The zero-order valence-electron chi connectivity index (χ0n) is 22.2. The number of fused-ring (bicyclic) bond motifs is 1. The van der Waals surface area contributed by atoms with Crippen molar-refractivity contribution in [1.82, 2.24) is 34.6 Å². The number of carbonyl (C=O) groups is 3. The minimum atomic E-state index is -1.44. The summed E-state index contributed by atoms with van der Waals surface area (Å²) in [6.07, 6.45) is -2.47. The van der Waals surface area contributed by atoms with Crippen molar-refractivity contribution in [3.63, 3.8) is 0 Å². The maximum absolute atomic E-state index is 12.4. The highest BCUT2D eigenvalue weighted by Gasteiger charge is 2.47. The van der Waals surface area contributed by atoms with Crippen LogP contribution >= 0.6 is 0 Å². The van der Waals surface area contributed by atoms with Crippen molar-refractivity contribution in [2.24, 2.45) is 5.92 Å². The summed E-state index contributed by atoms with van der Waals surface area (Å²) in [6.45, 7) is 3.16. The Labute approximate surface area is 229 Å². The molecular weight excluding hydrogens is 524 g/mol. The van der Waals surface area contributed by atoms with E-state index in [0.717, 1.165) is 12.8 Å². The number of ether oxygens (including phenoxy) is 2. The van der Waals surface area contributed by atoms with Crippen molar-refractivity contribution >= 4 is 34.9 Å². The Morgan fingerprint density at radius 3 is 2.67 bits per heavy atom. The van der Waals surface area contributed by atoms with Crippen molar-refractivity contribution < 1.29 is 34.1 Å². The van der Waals surface area contributed by atoms with Gasteiger partial charge >= 0.3 is 6.09 Å². The number of aliphatic hydroxyl groups is 2. The lowest BCUT2D eigenvalue weighted by Crippen LogP contribution is -2.54. The molecule has 3 aliphatic rings. The van der Waals surface area contributed by atoms with E-state index < -0.39 is 42.8 Å². The molecule has 15 heteroatoms. The lowest BCUT2D eigenvalue weighted by atomic mass is 9.94. The van der Waals surface area contributed by atoms with Crippen LogP contribution < -0.4 is 11.1 Å². The molecule has 3 aliphatic heterocycles. The summed E-state index contributed by atoms with van der Waals surface area (Å²) < 4.78 is 12.5. The Bertz CT molecular complexity index is 1360. The van der Waals surface area contributed by atoms with Gasteiger partial charge in [-0.05, 0) is 31.6 Å². The number of β-lactam (4-membered cyclic amide) rings is 1. The second-order valence-corrected chi connectivity index (χ2v) is 10.1. The number of imidazole rings is 1. The third kappa shape index (κ3) is 5.25. The Morgan fingerprint density at radius 2 is 2.00 bits per heavy atom. The van der Waals surface area contributed by atoms with E-state index >= 15 is 0 Å². The molecule has 3 amide bonds. The highest BCUT2D eigenvalue weighted by Crippen LogP contribution is 2.32. The molecule has 0 saturated carbocycles. The summed E-state index contributed by atoms with van der Waals surface area (Å²) in [6, 6.07) is 0. The summed E-state index contributed by atoms with van der Waals surface area (Å²) in [7, 11) is 1.61. The number of anilines is 1. The molecule has 40 heavy (non-hydrogen) atoms. The van der Waals surface area contributed by atoms with Crippen LogP contribution in [0, 0.1) is 17.8 Å². The number of carbonyl (C=O) groups excluding carboxylic acids is 3. The molecule has 15 nitrogen and oxygen atoms in total. The molecule has 0 spiro atoms. The summed E-state index contributed by atoms with van der Waals surface area (Å²) in [5.74, 6) is 5.95. The molecule has 5 heterocycles. The van der Waals surface area contributed by atoms with E-state index in [1.165, 1.54) is 15.8 Å². The summed E-state index contributed by atoms with van der Waals surface area (Å²) >= 11 is 0. The Kier molecular flexibility index (Phi) is 7.74. The van der Waals surface area contributed by atoms with Gasteiger partial charge in [0.15, 0.2) is 30.0 Å². The van der Waals surface area contributed by atoms with Gasteiger partial charge in [0.25, 0.3) is 5.91 Å². The molecule has 0 aromatic carbocycles. The number of likely N-dealkylation sites (tertiary alicyclic amines) is 2. The van der Waals surface area contributed by atoms with Gasteiger partial charge in [0.2, 0.25) is 11.7 Å². The Hall–Kier alpha value is -4.00. The van der Waals surface area contributed by atoms with Crippen LogP contribution in [0.15, 0.2) is 6.33 Å². The summed E-state index contributed by atoms with van der Waals surface area (Å²) in [5.41, 5.74) is 6.60. The van der Waals surface area contributed by atoms with Crippen molar-refractivity contribution in [3.8, 4) is 11.8 Å². The van der Waals surface area contributed by atoms with Crippen molar-refractivity contribution in [3.05, 3.63) is 12.2 Å². The van der Waals surface area contributed by atoms with E-state index in [9.17, 15) is 24.6 Å². The first-order valence-electron chi connectivity index (χ1n) is 13.2. The van der Waals surface area contributed by atoms with Gasteiger partial charge in [0.05, 0.1) is 12.7 Å². The fourth-order valence-electron chi connectivity index (χ4n) is 4.95. The fourth-order valence-corrected chi connectivity index (χ4v) is 4.95. The van der Waals surface area contributed by atoms with Gasteiger partial charge in [-0.15, -0.1) is 0 Å². The van der Waals surface area contributed by atoms with E-state index in [0.29, 0.717) is 26.1 Å². The maximum atomic E-state index is 12.4. The number of rotatable bonds is 5. The highest BCUT2D eigenvalue weighted by molar-refractivity contribution is 5.84. The number of aromatic nitrogens is 4. The highest BCUT2D eigenvalue weighted by atomic mass is 16.6. The van der Waals surface area contributed by atoms with Crippen LogP contribution in [0.4, 0.5) is 10.6 Å². The van der Waals surface area contributed by atoms with Crippen LogP contribution in [-0.4, -0.2) is 109 Å². The molecule has 5 atom stereocenters. The Balaban J connectivity index is 1.21. The summed E-state index contributed by atoms with van der Waals surface area (Å²) in [4.78, 5) is 51.8. The van der Waals surface area contributed by atoms with Gasteiger partial charge in [-0.3, -0.25) is 14.2 Å². The lowest BCUT2D eigenvalue weighted by molar-refractivity contribution is -0.161. The molecule has 0 bridgehead atoms.